The van der Waals surface area contributed by atoms with Gasteiger partial charge in [-0.05, 0) is 24.1 Å². The van der Waals surface area contributed by atoms with Crippen LogP contribution in [0.3, 0.4) is 0 Å². The van der Waals surface area contributed by atoms with E-state index >= 15 is 0 Å². The second kappa shape index (κ2) is 9.37. The second-order valence-electron chi connectivity index (χ2n) is 5.72. The smallest absolute Gasteiger partial charge is 0.320 e. The molecule has 128 valence electrons. The van der Waals surface area contributed by atoms with E-state index in [0.29, 0.717) is 19.6 Å². The molecule has 0 radical (unpaired) electrons. The molecule has 0 aliphatic carbocycles. The van der Waals surface area contributed by atoms with Crippen LogP contribution in [0.5, 0.6) is 5.75 Å². The van der Waals surface area contributed by atoms with Gasteiger partial charge in [-0.2, -0.15) is 0 Å². The van der Waals surface area contributed by atoms with E-state index < -0.39 is 0 Å². The molecule has 1 heterocycles. The first kappa shape index (κ1) is 17.6. The Labute approximate surface area is 138 Å². The average molecular weight is 321 g/mol. The Bertz CT molecular complexity index is 470. The lowest BCUT2D eigenvalue weighted by molar-refractivity contribution is 0.119. The topological polar surface area (TPSA) is 65.0 Å². The van der Waals surface area contributed by atoms with Gasteiger partial charge in [0.2, 0.25) is 0 Å². The van der Waals surface area contributed by atoms with Crippen LogP contribution in [0, 0.1) is 0 Å². The number of nitrogens with one attached hydrogen (secondary N) is 1. The minimum Gasteiger partial charge on any atom is -0.473 e. The number of hydrogen-bond donors (Lipinski definition) is 2. The summed E-state index contributed by atoms with van der Waals surface area (Å²) in [5.74, 6) is 0.762. The average Bonchev–Trinajstić information content (AvgIpc) is 2.57. The summed E-state index contributed by atoms with van der Waals surface area (Å²) in [6.45, 7) is 6.12. The monoisotopic (exact) mass is 321 g/mol. The van der Waals surface area contributed by atoms with Gasteiger partial charge >= 0.3 is 6.03 Å². The minimum atomic E-state index is -0.101. The molecule has 1 aliphatic heterocycles. The molecule has 2 amide bonds. The minimum absolute atomic E-state index is 0.101. The van der Waals surface area contributed by atoms with Crippen LogP contribution in [0.2, 0.25) is 0 Å². The van der Waals surface area contributed by atoms with E-state index in [1.54, 1.807) is 4.90 Å². The van der Waals surface area contributed by atoms with Crippen LogP contribution >= 0.6 is 0 Å². The van der Waals surface area contributed by atoms with E-state index in [4.69, 9.17) is 9.84 Å². The highest BCUT2D eigenvalue weighted by molar-refractivity contribution is 5.74. The third-order valence-corrected chi connectivity index (χ3v) is 4.00. The molecule has 0 atom stereocenters. The van der Waals surface area contributed by atoms with Gasteiger partial charge in [0.05, 0.1) is 6.61 Å². The summed E-state index contributed by atoms with van der Waals surface area (Å²) >= 11 is 0. The van der Waals surface area contributed by atoms with E-state index in [2.05, 4.69) is 29.3 Å². The third kappa shape index (κ3) is 5.73. The number of aliphatic hydroxyl groups is 1. The molecule has 0 aromatic heterocycles. The van der Waals surface area contributed by atoms with Gasteiger partial charge in [-0.3, -0.25) is 4.90 Å². The zero-order valence-electron chi connectivity index (χ0n) is 13.8. The molecule has 1 saturated heterocycles. The van der Waals surface area contributed by atoms with Crippen LogP contribution in [-0.2, 0) is 6.42 Å². The molecule has 0 spiro atoms. The normalized spacial score (nSPS) is 15.5. The van der Waals surface area contributed by atoms with Crippen LogP contribution in [0.15, 0.2) is 24.3 Å². The largest absolute Gasteiger partial charge is 0.473 e. The lowest BCUT2D eigenvalue weighted by Gasteiger charge is -2.34. The predicted octanol–water partition coefficient (Wildman–Crippen LogP) is 1.29. The molecule has 1 fully saturated rings. The van der Waals surface area contributed by atoms with E-state index in [1.165, 1.54) is 5.56 Å². The first-order valence-corrected chi connectivity index (χ1v) is 8.30. The Kier molecular flexibility index (Phi) is 7.16. The van der Waals surface area contributed by atoms with Gasteiger partial charge in [-0.1, -0.05) is 25.5 Å². The summed E-state index contributed by atoms with van der Waals surface area (Å²) in [4.78, 5) is 16.0. The Morgan fingerprint density at radius 1 is 1.22 bits per heavy atom. The van der Waals surface area contributed by atoms with Gasteiger partial charge < -0.3 is 20.1 Å². The summed E-state index contributed by atoms with van der Waals surface area (Å²) < 4.78 is 5.56. The fourth-order valence-corrected chi connectivity index (χ4v) is 2.65. The lowest BCUT2D eigenvalue weighted by atomic mass is 10.1. The molecule has 1 aromatic carbocycles. The summed E-state index contributed by atoms with van der Waals surface area (Å²) in [5.41, 5.74) is 1.30. The van der Waals surface area contributed by atoms with Crippen LogP contribution in [0.25, 0.3) is 0 Å². The van der Waals surface area contributed by atoms with Gasteiger partial charge in [0, 0.05) is 32.7 Å². The Morgan fingerprint density at radius 3 is 2.52 bits per heavy atom. The van der Waals surface area contributed by atoms with Gasteiger partial charge in [0.1, 0.15) is 5.75 Å². The molecule has 0 unspecified atom stereocenters. The molecule has 2 N–H and O–H groups in total. The lowest BCUT2D eigenvalue weighted by Crippen LogP contribution is -2.52. The molecule has 1 aliphatic rings. The van der Waals surface area contributed by atoms with Crippen LogP contribution < -0.4 is 10.1 Å². The van der Waals surface area contributed by atoms with Crippen LogP contribution in [0.1, 0.15) is 18.9 Å². The van der Waals surface area contributed by atoms with E-state index in [1.807, 2.05) is 12.1 Å². The first-order valence-electron chi connectivity index (χ1n) is 8.30. The molecule has 1 aromatic rings. The molecule has 6 nitrogen and oxygen atoms in total. The van der Waals surface area contributed by atoms with Crippen molar-refractivity contribution in [1.82, 2.24) is 15.1 Å². The van der Waals surface area contributed by atoms with Crippen molar-refractivity contribution < 1.29 is 14.6 Å². The Balaban J connectivity index is 1.66. The highest BCUT2D eigenvalue weighted by Gasteiger charge is 2.20. The summed E-state index contributed by atoms with van der Waals surface area (Å²) in [5, 5.41) is 11.7. The number of nitrogens with zero attached hydrogens (tertiary/aromatic N) is 2. The van der Waals surface area contributed by atoms with Gasteiger partial charge in [-0.15, -0.1) is 0 Å². The zero-order valence-corrected chi connectivity index (χ0v) is 13.8. The van der Waals surface area contributed by atoms with Crippen LogP contribution in [0.4, 0.5) is 4.79 Å². The maximum Gasteiger partial charge on any atom is 0.320 e. The standard InChI is InChI=1S/C17H27N3O3/c1-2-3-15-4-6-16(7-5-15)23-14-18-17(22)20-10-8-19(9-11-20)12-13-21/h4-7,21H,2-3,8-14H2,1H3,(H,18,22). The molecular formula is C17H27N3O3. The number of piperazine rings is 1. The summed E-state index contributed by atoms with van der Waals surface area (Å²) in [6.07, 6.45) is 2.20. The number of aliphatic hydroxyl groups excluding tert-OH is 1. The number of urea groups is 1. The molecule has 0 bridgehead atoms. The summed E-state index contributed by atoms with van der Waals surface area (Å²) in [6, 6.07) is 7.88. The highest BCUT2D eigenvalue weighted by Crippen LogP contribution is 2.13. The number of benzene rings is 1. The van der Waals surface area contributed by atoms with Crippen LogP contribution in [-0.4, -0.2) is 67.0 Å². The maximum absolute atomic E-state index is 12.1. The molecular weight excluding hydrogens is 294 g/mol. The maximum atomic E-state index is 12.1. The molecule has 2 rings (SSSR count). The number of β-amino-alcohol motifs (C(OH)–C–C–N with tert-alkyl or cyclic N) is 1. The van der Waals surface area contributed by atoms with Crippen molar-refractivity contribution in [3.05, 3.63) is 29.8 Å². The number of amides is 2. The number of rotatable bonds is 7. The number of ether oxygens (including phenoxy) is 1. The second-order valence-corrected chi connectivity index (χ2v) is 5.72. The molecule has 6 heteroatoms. The van der Waals surface area contributed by atoms with E-state index in [9.17, 15) is 4.79 Å². The number of aryl methyl sites for hydroxylation is 1. The number of hydrogen-bond acceptors (Lipinski definition) is 4. The van der Waals surface area contributed by atoms with Crippen molar-refractivity contribution in [3.63, 3.8) is 0 Å². The number of carbonyl (C=O) groups excluding carboxylic acids is 1. The van der Waals surface area contributed by atoms with Crippen molar-refractivity contribution in [2.45, 2.75) is 19.8 Å². The van der Waals surface area contributed by atoms with Crippen molar-refractivity contribution >= 4 is 6.03 Å². The number of carbonyl (C=O) groups is 1. The predicted molar refractivity (Wildman–Crippen MR) is 89.6 cm³/mol. The van der Waals surface area contributed by atoms with Gasteiger partial charge in [0.25, 0.3) is 0 Å². The Hall–Kier alpha value is -1.79. The SMILES string of the molecule is CCCc1ccc(OCNC(=O)N2CCN(CCO)CC2)cc1. The quantitative estimate of drug-likeness (QED) is 0.743. The fourth-order valence-electron chi connectivity index (χ4n) is 2.65. The first-order chi connectivity index (χ1) is 11.2. The van der Waals surface area contributed by atoms with Crippen molar-refractivity contribution in [1.29, 1.82) is 0 Å². The fraction of sp³-hybridized carbons (Fsp3) is 0.588. The molecule has 0 saturated carbocycles. The van der Waals surface area contributed by atoms with Crippen molar-refractivity contribution in [3.8, 4) is 5.75 Å². The van der Waals surface area contributed by atoms with Crippen molar-refractivity contribution in [2.75, 3.05) is 46.1 Å². The zero-order chi connectivity index (χ0) is 16.5. The Morgan fingerprint density at radius 2 is 1.91 bits per heavy atom. The highest BCUT2D eigenvalue weighted by atomic mass is 16.5. The molecule has 23 heavy (non-hydrogen) atoms. The third-order valence-electron chi connectivity index (χ3n) is 4.00. The van der Waals surface area contributed by atoms with E-state index in [-0.39, 0.29) is 19.4 Å². The van der Waals surface area contributed by atoms with Gasteiger partial charge in [0.15, 0.2) is 6.73 Å². The van der Waals surface area contributed by atoms with E-state index in [0.717, 1.165) is 31.7 Å². The van der Waals surface area contributed by atoms with Gasteiger partial charge in [-0.25, -0.2) is 4.79 Å². The van der Waals surface area contributed by atoms with Crippen molar-refractivity contribution in [2.24, 2.45) is 0 Å². The summed E-state index contributed by atoms with van der Waals surface area (Å²) in [7, 11) is 0.